The van der Waals surface area contributed by atoms with E-state index in [4.69, 9.17) is 18.9 Å². The maximum absolute atomic E-state index is 12.9. The third-order valence-electron chi connectivity index (χ3n) is 15.1. The van der Waals surface area contributed by atoms with Gasteiger partial charge in [-0.1, -0.05) is 281 Å². The number of allylic oxidation sites excluding steroid dienone is 8. The van der Waals surface area contributed by atoms with E-state index in [0.717, 1.165) is 51.4 Å². The van der Waals surface area contributed by atoms with Gasteiger partial charge in [0.2, 0.25) is 0 Å². The molecule has 0 saturated carbocycles. The average Bonchev–Trinajstić information content (AvgIpc) is 3.42. The SMILES string of the molecule is CCCCCCC/C=C\C/C=C\CCCCCCCCCCCCCCCCCCCCCC(=O)OC(COC(=O)CCCCCCCCCCCCC/C=C\C/C=C\CCCCCCC)COC(OCC[N+](C)(C)C)C(=O)O. The van der Waals surface area contributed by atoms with Crippen LogP contribution in [0, 0.1) is 0 Å². The van der Waals surface area contributed by atoms with Crippen LogP contribution in [-0.4, -0.2) is 87.4 Å². The van der Waals surface area contributed by atoms with E-state index in [0.29, 0.717) is 17.4 Å². The first-order chi connectivity index (χ1) is 38.6. The van der Waals surface area contributed by atoms with Gasteiger partial charge in [0.25, 0.3) is 6.29 Å². The highest BCUT2D eigenvalue weighted by Gasteiger charge is 2.25. The molecule has 0 fully saturated rings. The van der Waals surface area contributed by atoms with Crippen LogP contribution in [-0.2, 0) is 33.3 Å². The second kappa shape index (κ2) is 61.3. The molecule has 0 aliphatic carbocycles. The minimum Gasteiger partial charge on any atom is -0.477 e. The largest absolute Gasteiger partial charge is 0.477 e. The lowest BCUT2D eigenvalue weighted by Gasteiger charge is -2.25. The number of hydrogen-bond acceptors (Lipinski definition) is 7. The van der Waals surface area contributed by atoms with Crippen LogP contribution in [0.15, 0.2) is 48.6 Å². The Hall–Kier alpha value is -2.75. The molecule has 0 aliphatic rings. The number of carbonyl (C=O) groups is 3. The van der Waals surface area contributed by atoms with E-state index < -0.39 is 18.4 Å². The average molecular weight is 1110 g/mol. The van der Waals surface area contributed by atoms with Crippen molar-refractivity contribution >= 4 is 17.9 Å². The molecular formula is C70H130NO8+. The first-order valence-corrected chi connectivity index (χ1v) is 33.8. The maximum atomic E-state index is 12.9. The van der Waals surface area contributed by atoms with Gasteiger partial charge in [-0.15, -0.1) is 0 Å². The first kappa shape index (κ1) is 76.2. The number of carboxylic acid groups (broad SMARTS) is 1. The van der Waals surface area contributed by atoms with Crippen molar-refractivity contribution in [3.05, 3.63) is 48.6 Å². The maximum Gasteiger partial charge on any atom is 0.361 e. The van der Waals surface area contributed by atoms with E-state index in [9.17, 15) is 19.5 Å². The van der Waals surface area contributed by atoms with E-state index in [1.165, 1.54) is 244 Å². The third-order valence-corrected chi connectivity index (χ3v) is 15.1. The van der Waals surface area contributed by atoms with Crippen molar-refractivity contribution in [2.75, 3.05) is 47.5 Å². The number of carboxylic acids is 1. The normalized spacial score (nSPS) is 13.0. The number of aliphatic carboxylic acids is 1. The second-order valence-electron chi connectivity index (χ2n) is 24.1. The predicted molar refractivity (Wildman–Crippen MR) is 337 cm³/mol. The molecule has 0 rings (SSSR count). The topological polar surface area (TPSA) is 108 Å². The van der Waals surface area contributed by atoms with Crippen LogP contribution < -0.4 is 0 Å². The molecule has 0 aliphatic heterocycles. The number of likely N-dealkylation sites (N-methyl/N-ethyl adjacent to an activating group) is 1. The zero-order valence-corrected chi connectivity index (χ0v) is 52.8. The minimum atomic E-state index is -1.51. The molecule has 0 aromatic carbocycles. The fraction of sp³-hybridized carbons (Fsp3) is 0.843. The Balaban J connectivity index is 4.10. The highest BCUT2D eigenvalue weighted by atomic mass is 16.7. The summed E-state index contributed by atoms with van der Waals surface area (Å²) in [7, 11) is 5.98. The number of ether oxygens (including phenoxy) is 4. The Morgan fingerprint density at radius 1 is 0.380 bits per heavy atom. The summed E-state index contributed by atoms with van der Waals surface area (Å²) in [6.45, 7) is 4.90. The summed E-state index contributed by atoms with van der Waals surface area (Å²) < 4.78 is 23.0. The van der Waals surface area contributed by atoms with Crippen LogP contribution in [0.25, 0.3) is 0 Å². The molecule has 79 heavy (non-hydrogen) atoms. The van der Waals surface area contributed by atoms with Gasteiger partial charge in [-0.25, -0.2) is 4.79 Å². The summed E-state index contributed by atoms with van der Waals surface area (Å²) in [5, 5.41) is 9.74. The molecule has 9 heteroatoms. The Bertz CT molecular complexity index is 1430. The number of esters is 2. The fourth-order valence-corrected chi connectivity index (χ4v) is 9.84. The summed E-state index contributed by atoms with van der Waals surface area (Å²) in [4.78, 5) is 37.6. The quantitative estimate of drug-likeness (QED) is 0.0211. The van der Waals surface area contributed by atoms with Gasteiger partial charge < -0.3 is 28.5 Å². The monoisotopic (exact) mass is 1110 g/mol. The predicted octanol–water partition coefficient (Wildman–Crippen LogP) is 20.6. The van der Waals surface area contributed by atoms with Crippen molar-refractivity contribution in [3.63, 3.8) is 0 Å². The molecule has 0 radical (unpaired) electrons. The minimum absolute atomic E-state index is 0.180. The fourth-order valence-electron chi connectivity index (χ4n) is 9.84. The number of rotatable bonds is 63. The number of nitrogens with zero attached hydrogens (tertiary/aromatic N) is 1. The summed E-state index contributed by atoms with van der Waals surface area (Å²) >= 11 is 0. The van der Waals surface area contributed by atoms with Crippen LogP contribution >= 0.6 is 0 Å². The van der Waals surface area contributed by atoms with Crippen molar-refractivity contribution in [2.24, 2.45) is 0 Å². The van der Waals surface area contributed by atoms with E-state index in [1.807, 2.05) is 21.1 Å². The highest BCUT2D eigenvalue weighted by Crippen LogP contribution is 2.18. The van der Waals surface area contributed by atoms with Crippen LogP contribution in [0.1, 0.15) is 322 Å². The zero-order valence-electron chi connectivity index (χ0n) is 52.8. The lowest BCUT2D eigenvalue weighted by atomic mass is 10.0. The molecule has 2 atom stereocenters. The standard InChI is InChI=1S/C70H129NO8/c1-6-8-10-12-14-16-18-20-22-24-26-28-30-31-32-33-34-35-36-37-39-41-43-45-47-49-51-53-55-57-59-61-68(73)79-66(65-78-70(69(74)75)76-63-62-71(3,4)5)64-77-67(72)60-58-56-54-52-50-48-46-44-42-40-38-29-27-25-23-21-19-17-15-13-11-9-7-2/h18-21,24-27,66,70H,6-17,22-23,28-65H2,1-5H3/p+1/b20-18-,21-19-,26-24-,27-25-. The second-order valence-corrected chi connectivity index (χ2v) is 24.1. The molecule has 0 amide bonds. The van der Waals surface area contributed by atoms with Gasteiger partial charge in [0.15, 0.2) is 6.10 Å². The highest BCUT2D eigenvalue weighted by molar-refractivity contribution is 5.71. The zero-order chi connectivity index (χ0) is 57.6. The van der Waals surface area contributed by atoms with Crippen molar-refractivity contribution in [2.45, 2.75) is 334 Å². The molecule has 9 nitrogen and oxygen atoms in total. The van der Waals surface area contributed by atoms with Crippen LogP contribution in [0.2, 0.25) is 0 Å². The van der Waals surface area contributed by atoms with Gasteiger partial charge in [-0.3, -0.25) is 9.59 Å². The molecule has 0 aromatic rings. The van der Waals surface area contributed by atoms with Crippen LogP contribution in [0.5, 0.6) is 0 Å². The molecule has 0 spiro atoms. The lowest BCUT2D eigenvalue weighted by molar-refractivity contribution is -0.870. The summed E-state index contributed by atoms with van der Waals surface area (Å²) in [5.74, 6) is -1.99. The number of hydrogen-bond donors (Lipinski definition) is 1. The molecule has 0 heterocycles. The van der Waals surface area contributed by atoms with Gasteiger partial charge >= 0.3 is 17.9 Å². The Kier molecular flexibility index (Phi) is 59.2. The number of carbonyl (C=O) groups excluding carboxylic acids is 2. The number of quaternary nitrogens is 1. The summed E-state index contributed by atoms with van der Waals surface area (Å²) in [5.41, 5.74) is 0. The van der Waals surface area contributed by atoms with Crippen molar-refractivity contribution in [1.82, 2.24) is 0 Å². The van der Waals surface area contributed by atoms with E-state index in [-0.39, 0.29) is 38.2 Å². The summed E-state index contributed by atoms with van der Waals surface area (Å²) in [6.07, 6.45) is 75.0. The van der Waals surface area contributed by atoms with Gasteiger partial charge in [0.1, 0.15) is 13.2 Å². The van der Waals surface area contributed by atoms with Gasteiger partial charge in [0, 0.05) is 12.8 Å². The first-order valence-electron chi connectivity index (χ1n) is 33.8. The molecule has 2 unspecified atom stereocenters. The van der Waals surface area contributed by atoms with Crippen LogP contribution in [0.3, 0.4) is 0 Å². The van der Waals surface area contributed by atoms with Gasteiger partial charge in [-0.05, 0) is 77.0 Å². The van der Waals surface area contributed by atoms with Crippen LogP contribution in [0.4, 0.5) is 0 Å². The smallest absolute Gasteiger partial charge is 0.361 e. The molecular weight excluding hydrogens is 983 g/mol. The van der Waals surface area contributed by atoms with Crippen molar-refractivity contribution in [3.8, 4) is 0 Å². The van der Waals surface area contributed by atoms with Gasteiger partial charge in [0.05, 0.1) is 34.4 Å². The Labute approximate surface area is 489 Å². The molecule has 0 bridgehead atoms. The van der Waals surface area contributed by atoms with Crippen molar-refractivity contribution < 1.29 is 42.9 Å². The molecule has 0 saturated heterocycles. The van der Waals surface area contributed by atoms with Gasteiger partial charge in [-0.2, -0.15) is 0 Å². The summed E-state index contributed by atoms with van der Waals surface area (Å²) in [6, 6.07) is 0. The third kappa shape index (κ3) is 62.7. The van der Waals surface area contributed by atoms with E-state index in [2.05, 4.69) is 62.5 Å². The van der Waals surface area contributed by atoms with E-state index >= 15 is 0 Å². The Morgan fingerprint density at radius 2 is 0.684 bits per heavy atom. The lowest BCUT2D eigenvalue weighted by Crippen LogP contribution is -2.40. The molecule has 1 N–H and O–H groups in total. The Morgan fingerprint density at radius 3 is 1.00 bits per heavy atom. The molecule has 0 aromatic heterocycles. The molecule has 462 valence electrons. The number of unbranched alkanes of at least 4 members (excludes halogenated alkanes) is 40. The van der Waals surface area contributed by atoms with E-state index in [1.54, 1.807) is 0 Å². The van der Waals surface area contributed by atoms with Crippen molar-refractivity contribution in [1.29, 1.82) is 0 Å².